The van der Waals surface area contributed by atoms with Crippen LogP contribution >= 0.6 is 0 Å². The molecule has 168 valence electrons. The molecule has 0 saturated carbocycles. The highest BCUT2D eigenvalue weighted by Crippen LogP contribution is 2.29. The second-order valence-electron chi connectivity index (χ2n) is 7.48. The lowest BCUT2D eigenvalue weighted by Crippen LogP contribution is -2.23. The van der Waals surface area contributed by atoms with Crippen molar-refractivity contribution in [1.29, 1.82) is 0 Å². The Morgan fingerprint density at radius 3 is 2.58 bits per heavy atom. The molecule has 33 heavy (non-hydrogen) atoms. The van der Waals surface area contributed by atoms with E-state index in [1.165, 1.54) is 5.56 Å². The first-order chi connectivity index (χ1) is 16.2. The summed E-state index contributed by atoms with van der Waals surface area (Å²) >= 11 is 0. The van der Waals surface area contributed by atoms with Gasteiger partial charge in [-0.2, -0.15) is 0 Å². The van der Waals surface area contributed by atoms with Crippen LogP contribution < -0.4 is 20.5 Å². The first-order valence-corrected chi connectivity index (χ1v) is 10.6. The number of aliphatic imine (C=N–C) groups is 1. The molecular weight excluding hydrogens is 414 g/mol. The molecule has 0 unspecified atom stereocenters. The molecule has 7 heteroatoms. The van der Waals surface area contributed by atoms with Crippen LogP contribution in [0.2, 0.25) is 0 Å². The molecule has 0 amide bonds. The summed E-state index contributed by atoms with van der Waals surface area (Å²) in [6.45, 7) is 1.24. The van der Waals surface area contributed by atoms with Gasteiger partial charge in [0.25, 0.3) is 0 Å². The van der Waals surface area contributed by atoms with Crippen LogP contribution in [0.25, 0.3) is 11.1 Å². The summed E-state index contributed by atoms with van der Waals surface area (Å²) in [4.78, 5) is 8.65. The van der Waals surface area contributed by atoms with Gasteiger partial charge < -0.3 is 25.1 Å². The van der Waals surface area contributed by atoms with E-state index in [1.807, 2.05) is 47.4 Å². The fourth-order valence-corrected chi connectivity index (χ4v) is 3.58. The Balaban J connectivity index is 1.49. The summed E-state index contributed by atoms with van der Waals surface area (Å²) in [5.41, 5.74) is 11.4. The van der Waals surface area contributed by atoms with Crippen LogP contribution in [0.4, 0.5) is 5.69 Å². The molecule has 0 aliphatic heterocycles. The number of aromatic nitrogens is 2. The predicted molar refractivity (Wildman–Crippen MR) is 132 cm³/mol. The van der Waals surface area contributed by atoms with Crippen LogP contribution in [0.1, 0.15) is 11.1 Å². The molecule has 3 N–H and O–H groups in total. The molecule has 0 saturated heterocycles. The fourth-order valence-electron chi connectivity index (χ4n) is 3.58. The largest absolute Gasteiger partial charge is 0.497 e. The first-order valence-electron chi connectivity index (χ1n) is 10.6. The maximum Gasteiger partial charge on any atom is 0.193 e. The van der Waals surface area contributed by atoms with Gasteiger partial charge in [0.15, 0.2) is 5.96 Å². The lowest BCUT2D eigenvalue weighted by molar-refractivity contribution is 0.405. The third-order valence-electron chi connectivity index (χ3n) is 5.30. The van der Waals surface area contributed by atoms with E-state index < -0.39 is 0 Å². The van der Waals surface area contributed by atoms with E-state index in [0.29, 0.717) is 29.7 Å². The van der Waals surface area contributed by atoms with Crippen molar-refractivity contribution in [1.82, 2.24) is 9.55 Å². The molecule has 4 rings (SSSR count). The number of hydrogen-bond acceptors (Lipinski definition) is 4. The van der Waals surface area contributed by atoms with Crippen LogP contribution in [0, 0.1) is 0 Å². The van der Waals surface area contributed by atoms with Gasteiger partial charge in [0.1, 0.15) is 11.5 Å². The highest BCUT2D eigenvalue weighted by molar-refractivity contribution is 5.94. The standard InChI is InChI=1S/C26H27N5O2/c1-32-22-11-12-25(33-2)24(15-22)30-26(27)29-16-21-5-3-4-6-23(21)20-9-7-19(8-10-20)17-31-14-13-28-18-31/h3-15,18H,16-17H2,1-2H3,(H3,27,29,30). The molecule has 1 heterocycles. The van der Waals surface area contributed by atoms with Gasteiger partial charge in [0, 0.05) is 25.0 Å². The number of nitrogens with one attached hydrogen (secondary N) is 1. The second kappa shape index (κ2) is 10.4. The molecule has 0 fully saturated rings. The van der Waals surface area contributed by atoms with Crippen LogP contribution in [0.5, 0.6) is 11.5 Å². The molecule has 3 aromatic carbocycles. The summed E-state index contributed by atoms with van der Waals surface area (Å²) in [7, 11) is 3.22. The zero-order valence-electron chi connectivity index (χ0n) is 18.7. The molecule has 0 atom stereocenters. The van der Waals surface area contributed by atoms with E-state index in [4.69, 9.17) is 15.2 Å². The fraction of sp³-hybridized carbons (Fsp3) is 0.154. The van der Waals surface area contributed by atoms with E-state index in [0.717, 1.165) is 23.2 Å². The minimum absolute atomic E-state index is 0.298. The average molecular weight is 442 g/mol. The Morgan fingerprint density at radius 2 is 1.85 bits per heavy atom. The van der Waals surface area contributed by atoms with E-state index in [9.17, 15) is 0 Å². The highest BCUT2D eigenvalue weighted by atomic mass is 16.5. The Kier molecular flexibility index (Phi) is 6.90. The van der Waals surface area contributed by atoms with Crippen molar-refractivity contribution < 1.29 is 9.47 Å². The molecular formula is C26H27N5O2. The zero-order valence-corrected chi connectivity index (χ0v) is 18.7. The number of guanidine groups is 1. The van der Waals surface area contributed by atoms with Crippen molar-refractivity contribution in [2.24, 2.45) is 10.7 Å². The van der Waals surface area contributed by atoms with Crippen LogP contribution in [-0.2, 0) is 13.1 Å². The van der Waals surface area contributed by atoms with E-state index in [-0.39, 0.29) is 0 Å². The van der Waals surface area contributed by atoms with Crippen molar-refractivity contribution in [2.75, 3.05) is 19.5 Å². The van der Waals surface area contributed by atoms with Gasteiger partial charge in [-0.1, -0.05) is 48.5 Å². The van der Waals surface area contributed by atoms with E-state index in [2.05, 4.69) is 51.7 Å². The molecule has 0 aliphatic carbocycles. The third-order valence-corrected chi connectivity index (χ3v) is 5.30. The molecule has 0 bridgehead atoms. The molecule has 4 aromatic rings. The average Bonchev–Trinajstić information content (AvgIpc) is 3.36. The monoisotopic (exact) mass is 441 g/mol. The summed E-state index contributed by atoms with van der Waals surface area (Å²) in [5, 5.41) is 3.11. The summed E-state index contributed by atoms with van der Waals surface area (Å²) in [6, 6.07) is 22.2. The molecule has 0 aliphatic rings. The molecule has 0 spiro atoms. The van der Waals surface area contributed by atoms with Gasteiger partial charge in [-0.15, -0.1) is 0 Å². The highest BCUT2D eigenvalue weighted by Gasteiger charge is 2.08. The number of hydrogen-bond donors (Lipinski definition) is 2. The quantitative estimate of drug-likeness (QED) is 0.310. The normalized spacial score (nSPS) is 11.3. The van der Waals surface area contributed by atoms with Crippen molar-refractivity contribution in [3.8, 4) is 22.6 Å². The minimum atomic E-state index is 0.298. The molecule has 0 radical (unpaired) electrons. The Hall–Kier alpha value is -4.26. The smallest absolute Gasteiger partial charge is 0.193 e. The van der Waals surface area contributed by atoms with Gasteiger partial charge in [0.05, 0.1) is 32.8 Å². The Labute approximate surface area is 193 Å². The van der Waals surface area contributed by atoms with Crippen molar-refractivity contribution >= 4 is 11.6 Å². The van der Waals surface area contributed by atoms with Gasteiger partial charge in [-0.05, 0) is 34.4 Å². The van der Waals surface area contributed by atoms with Crippen LogP contribution in [0.3, 0.4) is 0 Å². The number of benzene rings is 3. The van der Waals surface area contributed by atoms with E-state index in [1.54, 1.807) is 20.4 Å². The lowest BCUT2D eigenvalue weighted by atomic mass is 9.98. The van der Waals surface area contributed by atoms with Crippen LogP contribution in [0.15, 0.2) is 90.4 Å². The van der Waals surface area contributed by atoms with E-state index >= 15 is 0 Å². The number of nitrogens with zero attached hydrogens (tertiary/aromatic N) is 3. The number of nitrogens with two attached hydrogens (primary N) is 1. The second-order valence-corrected chi connectivity index (χ2v) is 7.48. The Bertz CT molecular complexity index is 1220. The molecule has 1 aromatic heterocycles. The van der Waals surface area contributed by atoms with Gasteiger partial charge in [-0.3, -0.25) is 0 Å². The summed E-state index contributed by atoms with van der Waals surface area (Å²) in [5.74, 6) is 1.66. The van der Waals surface area contributed by atoms with Gasteiger partial charge in [-0.25, -0.2) is 9.98 Å². The number of methoxy groups -OCH3 is 2. The third kappa shape index (κ3) is 5.51. The van der Waals surface area contributed by atoms with Crippen molar-refractivity contribution in [3.63, 3.8) is 0 Å². The number of imidazole rings is 1. The maximum absolute atomic E-state index is 6.18. The first kappa shape index (κ1) is 22.0. The van der Waals surface area contributed by atoms with Gasteiger partial charge in [0.2, 0.25) is 0 Å². The minimum Gasteiger partial charge on any atom is -0.497 e. The van der Waals surface area contributed by atoms with Gasteiger partial charge >= 0.3 is 0 Å². The zero-order chi connectivity index (χ0) is 23.0. The number of anilines is 1. The summed E-state index contributed by atoms with van der Waals surface area (Å²) in [6.07, 6.45) is 5.57. The van der Waals surface area contributed by atoms with Crippen LogP contribution in [-0.4, -0.2) is 29.7 Å². The lowest BCUT2D eigenvalue weighted by Gasteiger charge is -2.13. The van der Waals surface area contributed by atoms with Crippen molar-refractivity contribution in [2.45, 2.75) is 13.1 Å². The SMILES string of the molecule is COc1ccc(OC)c(NC(N)=NCc2ccccc2-c2ccc(Cn3ccnc3)cc2)c1. The maximum atomic E-state index is 6.18. The Morgan fingerprint density at radius 1 is 1.03 bits per heavy atom. The number of ether oxygens (including phenoxy) is 2. The summed E-state index contributed by atoms with van der Waals surface area (Å²) < 4.78 is 12.7. The number of rotatable bonds is 8. The topological polar surface area (TPSA) is 86.7 Å². The predicted octanol–water partition coefficient (Wildman–Crippen LogP) is 4.54. The van der Waals surface area contributed by atoms with Crippen molar-refractivity contribution in [3.05, 3.63) is 96.6 Å². The molecule has 7 nitrogen and oxygen atoms in total.